The molecule has 1 fully saturated rings. The second kappa shape index (κ2) is 8.16. The number of fused-ring (bicyclic) bond motifs is 1. The van der Waals surface area contributed by atoms with Gasteiger partial charge in [0, 0.05) is 6.42 Å². The zero-order valence-corrected chi connectivity index (χ0v) is 16.6. The molecule has 6 atom stereocenters. The summed E-state index contributed by atoms with van der Waals surface area (Å²) >= 11 is 0. The van der Waals surface area contributed by atoms with Crippen LogP contribution in [0.1, 0.15) is 24.5 Å². The Morgan fingerprint density at radius 2 is 2.17 bits per heavy atom. The van der Waals surface area contributed by atoms with Crippen LogP contribution in [0.4, 0.5) is 5.82 Å². The smallest absolute Gasteiger partial charge is 0.167 e. The molecule has 0 aliphatic carbocycles. The molecule has 13 nitrogen and oxygen atoms in total. The number of rotatable bonds is 7. The van der Waals surface area contributed by atoms with E-state index in [2.05, 4.69) is 47.6 Å². The number of quaternary nitrogens is 1. The molecule has 3 aromatic heterocycles. The molecule has 2 unspecified atom stereocenters. The Kier molecular flexibility index (Phi) is 5.60. The third kappa shape index (κ3) is 3.89. The van der Waals surface area contributed by atoms with Crippen molar-refractivity contribution in [3.05, 3.63) is 18.5 Å². The molecule has 3 aromatic rings. The first-order valence-corrected chi connectivity index (χ1v) is 11.0. The van der Waals surface area contributed by atoms with Crippen LogP contribution in [0.5, 0.6) is 0 Å². The van der Waals surface area contributed by atoms with Crippen molar-refractivity contribution in [3.63, 3.8) is 0 Å². The van der Waals surface area contributed by atoms with Crippen molar-refractivity contribution in [1.29, 1.82) is 0 Å². The van der Waals surface area contributed by atoms with Crippen molar-refractivity contribution in [2.45, 2.75) is 37.0 Å². The Labute approximate surface area is 168 Å². The first-order chi connectivity index (χ1) is 14.0. The highest BCUT2D eigenvalue weighted by molar-refractivity contribution is 7.96. The molecule has 0 spiro atoms. The molecular formula is C15H23N10O3S+. The summed E-state index contributed by atoms with van der Waals surface area (Å²) in [5.41, 5.74) is 10.7. The lowest BCUT2D eigenvalue weighted by molar-refractivity contribution is -0.429. The monoisotopic (exact) mass is 423 g/mol. The molecule has 0 aromatic carbocycles. The molecular weight excluding hydrogens is 400 g/mol. The van der Waals surface area contributed by atoms with Gasteiger partial charge >= 0.3 is 0 Å². The number of aliphatic hydroxyl groups excluding tert-OH is 2. The van der Waals surface area contributed by atoms with Crippen molar-refractivity contribution in [2.24, 2.45) is 0 Å². The van der Waals surface area contributed by atoms with Crippen molar-refractivity contribution >= 4 is 27.9 Å². The number of aliphatic hydroxyl groups is 2. The molecule has 1 aliphatic rings. The average molecular weight is 423 g/mol. The third-order valence-corrected chi connectivity index (χ3v) is 6.79. The molecule has 1 saturated heterocycles. The maximum Gasteiger partial charge on any atom is 0.167 e. The molecule has 1 aliphatic heterocycles. The highest BCUT2D eigenvalue weighted by Crippen LogP contribution is 2.32. The van der Waals surface area contributed by atoms with Gasteiger partial charge in [0.1, 0.15) is 47.7 Å². The number of tetrazole rings is 1. The van der Waals surface area contributed by atoms with E-state index in [1.165, 1.54) is 12.7 Å². The molecule has 4 rings (SSSR count). The van der Waals surface area contributed by atoms with Gasteiger partial charge in [0.25, 0.3) is 0 Å². The number of ether oxygens (including phenoxy) is 1. The van der Waals surface area contributed by atoms with Gasteiger partial charge < -0.3 is 31.5 Å². The number of hydrogen-bond donors (Lipinski definition) is 4. The topological polar surface area (TPSA) is 200 Å². The van der Waals surface area contributed by atoms with Crippen LogP contribution in [0.2, 0.25) is 0 Å². The number of nitrogens with two attached hydrogens (primary N) is 1. The normalized spacial score (nSPS) is 26.8. The Bertz CT molecular complexity index is 953. The number of nitrogens with zero attached hydrogens (tertiary/aromatic N) is 8. The predicted molar refractivity (Wildman–Crippen MR) is 102 cm³/mol. The van der Waals surface area contributed by atoms with E-state index < -0.39 is 24.5 Å². The fourth-order valence-electron chi connectivity index (χ4n) is 3.30. The Hall–Kier alpha value is -2.39. The highest BCUT2D eigenvalue weighted by Gasteiger charge is 2.46. The van der Waals surface area contributed by atoms with Crippen LogP contribution in [0, 0.1) is 0 Å². The summed E-state index contributed by atoms with van der Waals surface area (Å²) in [6.45, 7) is 0. The van der Waals surface area contributed by atoms with E-state index in [4.69, 9.17) is 10.5 Å². The van der Waals surface area contributed by atoms with E-state index in [-0.39, 0.29) is 22.8 Å². The largest absolute Gasteiger partial charge is 0.387 e. The van der Waals surface area contributed by atoms with Gasteiger partial charge in [-0.25, -0.2) is 15.0 Å². The first-order valence-electron chi connectivity index (χ1n) is 9.01. The number of hydrogen-bond acceptors (Lipinski definition) is 10. The Morgan fingerprint density at radius 1 is 1.34 bits per heavy atom. The fourth-order valence-corrected chi connectivity index (χ4v) is 4.99. The maximum atomic E-state index is 10.5. The van der Waals surface area contributed by atoms with Gasteiger partial charge in [-0.2, -0.15) is 5.21 Å². The summed E-state index contributed by atoms with van der Waals surface area (Å²) in [5.74, 6) is 2.23. The van der Waals surface area contributed by atoms with Crippen molar-refractivity contribution in [2.75, 3.05) is 23.5 Å². The SMILES string of the molecule is C[S+](CC[C@H]([NH3+])c1nnn[n-]1)CC1O[C@@H](n2cnc3c(N)ncnc32)[C@H](O)[C@@H]1O. The lowest BCUT2D eigenvalue weighted by Gasteiger charge is -2.16. The number of imidazole rings is 1. The predicted octanol–water partition coefficient (Wildman–Crippen LogP) is -3.21. The molecule has 0 bridgehead atoms. The van der Waals surface area contributed by atoms with Crippen LogP contribution < -0.4 is 16.6 Å². The molecule has 4 heterocycles. The van der Waals surface area contributed by atoms with Gasteiger partial charge in [-0.05, 0) is 10.9 Å². The molecule has 0 radical (unpaired) electrons. The molecule has 0 amide bonds. The number of aromatic nitrogens is 8. The fraction of sp³-hybridized carbons (Fsp3) is 0.600. The van der Waals surface area contributed by atoms with Crippen molar-refractivity contribution in [1.82, 2.24) is 40.1 Å². The molecule has 14 heteroatoms. The standard InChI is InChI=1S/C15H22N10O3S/c1-29(3-2-7(16)13-21-23-24-22-13)4-8-10(26)11(27)15(28-8)25-6-20-9-12(17)18-5-19-14(9)25/h5-8,10-11,15,26-27H,2-4,16H2,1H3,(H2-,17,18,19,21,22,23,24)/p+1/t7-,8?,10+,11+,15+,29?/m0/s1. The van der Waals surface area contributed by atoms with Crippen LogP contribution in [0.15, 0.2) is 12.7 Å². The minimum atomic E-state index is -1.11. The van der Waals surface area contributed by atoms with Crippen molar-refractivity contribution < 1.29 is 20.7 Å². The summed E-state index contributed by atoms with van der Waals surface area (Å²) < 4.78 is 7.57. The lowest BCUT2D eigenvalue weighted by Crippen LogP contribution is -2.54. The minimum absolute atomic E-state index is 0.0732. The molecule has 0 saturated carbocycles. The third-order valence-electron chi connectivity index (χ3n) is 4.96. The highest BCUT2D eigenvalue weighted by atomic mass is 32.2. The summed E-state index contributed by atoms with van der Waals surface area (Å²) in [6, 6.07) is -0.0878. The van der Waals surface area contributed by atoms with Gasteiger partial charge in [0.15, 0.2) is 17.7 Å². The number of nitrogen functional groups attached to an aromatic ring is 1. The van der Waals surface area contributed by atoms with Crippen LogP contribution in [0.25, 0.3) is 11.2 Å². The quantitative estimate of drug-likeness (QED) is 0.279. The summed E-state index contributed by atoms with van der Waals surface area (Å²) in [5, 5.41) is 35.7. The van der Waals surface area contributed by atoms with Gasteiger partial charge in [0.2, 0.25) is 0 Å². The maximum absolute atomic E-state index is 10.5. The van der Waals surface area contributed by atoms with Crippen LogP contribution in [-0.4, -0.2) is 81.3 Å². The molecule has 7 N–H and O–H groups in total. The van der Waals surface area contributed by atoms with Gasteiger partial charge in [0.05, 0.1) is 18.4 Å². The van der Waals surface area contributed by atoms with E-state index in [0.717, 1.165) is 12.2 Å². The Morgan fingerprint density at radius 3 is 2.93 bits per heavy atom. The summed E-state index contributed by atoms with van der Waals surface area (Å²) in [6.07, 6.45) is 2.22. The van der Waals surface area contributed by atoms with Gasteiger partial charge in [-0.3, -0.25) is 14.9 Å². The molecule has 29 heavy (non-hydrogen) atoms. The second-order valence-electron chi connectivity index (χ2n) is 7.00. The second-order valence-corrected chi connectivity index (χ2v) is 9.31. The van der Waals surface area contributed by atoms with E-state index in [1.807, 2.05) is 0 Å². The van der Waals surface area contributed by atoms with E-state index in [1.54, 1.807) is 4.57 Å². The van der Waals surface area contributed by atoms with E-state index >= 15 is 0 Å². The van der Waals surface area contributed by atoms with E-state index in [0.29, 0.717) is 22.7 Å². The number of anilines is 1. The lowest BCUT2D eigenvalue weighted by atomic mass is 10.1. The Balaban J connectivity index is 1.40. The zero-order chi connectivity index (χ0) is 20.5. The zero-order valence-electron chi connectivity index (χ0n) is 15.7. The van der Waals surface area contributed by atoms with E-state index in [9.17, 15) is 10.2 Å². The van der Waals surface area contributed by atoms with Crippen LogP contribution >= 0.6 is 0 Å². The summed E-state index contributed by atoms with van der Waals surface area (Å²) in [4.78, 5) is 12.3. The average Bonchev–Trinajstić information content (AvgIpc) is 3.43. The van der Waals surface area contributed by atoms with Gasteiger partial charge in [-0.1, -0.05) is 0 Å². The van der Waals surface area contributed by atoms with Gasteiger partial charge in [-0.15, -0.1) is 0 Å². The summed E-state index contributed by atoms with van der Waals surface area (Å²) in [7, 11) is -0.0732. The van der Waals surface area contributed by atoms with Crippen LogP contribution in [0.3, 0.4) is 0 Å². The minimum Gasteiger partial charge on any atom is -0.387 e. The van der Waals surface area contributed by atoms with Crippen molar-refractivity contribution in [3.8, 4) is 0 Å². The van der Waals surface area contributed by atoms with Crippen LogP contribution in [-0.2, 0) is 15.6 Å². The first kappa shape index (κ1) is 19.9. The molecule has 156 valence electrons.